The van der Waals surface area contributed by atoms with Gasteiger partial charge >= 0.3 is 6.03 Å². The fourth-order valence-corrected chi connectivity index (χ4v) is 3.95. The van der Waals surface area contributed by atoms with E-state index in [1.54, 1.807) is 0 Å². The van der Waals surface area contributed by atoms with E-state index in [1.807, 2.05) is 30.3 Å². The van der Waals surface area contributed by atoms with Gasteiger partial charge in [0.05, 0.1) is 0 Å². The van der Waals surface area contributed by atoms with Crippen molar-refractivity contribution in [2.45, 2.75) is 64.0 Å². The van der Waals surface area contributed by atoms with Gasteiger partial charge in [0.15, 0.2) is 0 Å². The Labute approximate surface area is 160 Å². The second kappa shape index (κ2) is 9.02. The molecule has 2 aliphatic rings. The van der Waals surface area contributed by atoms with Gasteiger partial charge in [-0.3, -0.25) is 14.5 Å². The minimum absolute atomic E-state index is 0.0291. The first-order valence-electron chi connectivity index (χ1n) is 10.00. The third-order valence-corrected chi connectivity index (χ3v) is 5.69. The molecule has 2 N–H and O–H groups in total. The highest BCUT2D eigenvalue weighted by Crippen LogP contribution is 2.24. The van der Waals surface area contributed by atoms with Crippen LogP contribution in [-0.2, 0) is 16.0 Å². The van der Waals surface area contributed by atoms with Crippen molar-refractivity contribution in [2.75, 3.05) is 6.54 Å². The molecule has 1 heterocycles. The molecule has 3 atom stereocenters. The van der Waals surface area contributed by atoms with E-state index >= 15 is 0 Å². The molecule has 3 unspecified atom stereocenters. The first kappa shape index (κ1) is 19.4. The van der Waals surface area contributed by atoms with Gasteiger partial charge in [-0.15, -0.1) is 0 Å². The second-order valence-corrected chi connectivity index (χ2v) is 7.70. The van der Waals surface area contributed by atoms with Crippen LogP contribution in [0.5, 0.6) is 0 Å². The van der Waals surface area contributed by atoms with Crippen molar-refractivity contribution >= 4 is 17.8 Å². The maximum absolute atomic E-state index is 12.5. The van der Waals surface area contributed by atoms with Gasteiger partial charge < -0.3 is 10.6 Å². The number of amides is 4. The maximum atomic E-state index is 12.5. The summed E-state index contributed by atoms with van der Waals surface area (Å²) in [5, 5.41) is 5.82. The smallest absolute Gasteiger partial charge is 0.324 e. The van der Waals surface area contributed by atoms with E-state index in [9.17, 15) is 14.4 Å². The van der Waals surface area contributed by atoms with Crippen LogP contribution in [0.4, 0.5) is 4.79 Å². The molecule has 1 aliphatic heterocycles. The number of nitrogens with one attached hydrogen (secondary N) is 2. The Morgan fingerprint density at radius 2 is 1.93 bits per heavy atom. The number of carbonyl (C=O) groups excluding carboxylic acids is 3. The molecule has 1 aromatic carbocycles. The summed E-state index contributed by atoms with van der Waals surface area (Å²) < 4.78 is 0. The molecule has 1 saturated heterocycles. The van der Waals surface area contributed by atoms with E-state index in [4.69, 9.17) is 0 Å². The quantitative estimate of drug-likeness (QED) is 0.723. The fraction of sp³-hybridized carbons (Fsp3) is 0.571. The molecule has 0 bridgehead atoms. The molecular weight excluding hydrogens is 342 g/mol. The Morgan fingerprint density at radius 1 is 1.19 bits per heavy atom. The Kier molecular flexibility index (Phi) is 6.48. The average molecular weight is 371 g/mol. The summed E-state index contributed by atoms with van der Waals surface area (Å²) in [7, 11) is 0. The standard InChI is InChI=1S/C21H29N3O3/c1-15-7-5-6-10-17(15)22-19(25)12-11-18-20(26)24(21(27)23-18)14-13-16-8-3-2-4-9-16/h2-4,8-9,15,17-18H,5-7,10-14H2,1H3,(H,22,25)(H,23,27). The average Bonchev–Trinajstić information content (AvgIpc) is 2.94. The van der Waals surface area contributed by atoms with Crippen molar-refractivity contribution in [3.8, 4) is 0 Å². The van der Waals surface area contributed by atoms with Crippen molar-refractivity contribution in [1.29, 1.82) is 0 Å². The van der Waals surface area contributed by atoms with Crippen LogP contribution in [0, 0.1) is 5.92 Å². The molecule has 6 heteroatoms. The highest BCUT2D eigenvalue weighted by Gasteiger charge is 2.37. The molecule has 0 aromatic heterocycles. The lowest BCUT2D eigenvalue weighted by Gasteiger charge is -2.29. The minimum Gasteiger partial charge on any atom is -0.353 e. The van der Waals surface area contributed by atoms with Crippen LogP contribution >= 0.6 is 0 Å². The van der Waals surface area contributed by atoms with E-state index in [2.05, 4.69) is 17.6 Å². The molecule has 27 heavy (non-hydrogen) atoms. The van der Waals surface area contributed by atoms with Crippen molar-refractivity contribution < 1.29 is 14.4 Å². The van der Waals surface area contributed by atoms with Crippen molar-refractivity contribution in [3.63, 3.8) is 0 Å². The summed E-state index contributed by atoms with van der Waals surface area (Å²) in [5.74, 6) is 0.247. The molecule has 3 rings (SSSR count). The van der Waals surface area contributed by atoms with E-state index in [-0.39, 0.29) is 30.3 Å². The molecule has 4 amide bonds. The molecule has 2 fully saturated rings. The summed E-state index contributed by atoms with van der Waals surface area (Å²) in [6.07, 6.45) is 5.80. The van der Waals surface area contributed by atoms with Crippen LogP contribution < -0.4 is 10.6 Å². The number of nitrogens with zero attached hydrogens (tertiary/aromatic N) is 1. The summed E-state index contributed by atoms with van der Waals surface area (Å²) in [4.78, 5) is 38.1. The third kappa shape index (κ3) is 5.08. The van der Waals surface area contributed by atoms with Gasteiger partial charge in [-0.05, 0) is 37.2 Å². The van der Waals surface area contributed by atoms with Crippen molar-refractivity contribution in [2.24, 2.45) is 5.92 Å². The lowest BCUT2D eigenvalue weighted by atomic mass is 9.86. The van der Waals surface area contributed by atoms with Crippen molar-refractivity contribution in [1.82, 2.24) is 15.5 Å². The van der Waals surface area contributed by atoms with Crippen LogP contribution in [0.15, 0.2) is 30.3 Å². The third-order valence-electron chi connectivity index (χ3n) is 5.69. The van der Waals surface area contributed by atoms with Gasteiger partial charge in [0, 0.05) is 19.0 Å². The highest BCUT2D eigenvalue weighted by molar-refractivity contribution is 6.04. The number of hydrogen-bond donors (Lipinski definition) is 2. The molecule has 0 spiro atoms. The monoisotopic (exact) mass is 371 g/mol. The topological polar surface area (TPSA) is 78.5 Å². The fourth-order valence-electron chi connectivity index (χ4n) is 3.95. The molecule has 0 radical (unpaired) electrons. The molecule has 6 nitrogen and oxygen atoms in total. The van der Waals surface area contributed by atoms with Gasteiger partial charge in [0.2, 0.25) is 5.91 Å². The lowest BCUT2D eigenvalue weighted by molar-refractivity contribution is -0.127. The Hall–Kier alpha value is -2.37. The zero-order valence-corrected chi connectivity index (χ0v) is 15.9. The van der Waals surface area contributed by atoms with Crippen LogP contribution in [0.25, 0.3) is 0 Å². The summed E-state index contributed by atoms with van der Waals surface area (Å²) in [6, 6.07) is 9.06. The van der Waals surface area contributed by atoms with Gasteiger partial charge in [-0.1, -0.05) is 50.1 Å². The van der Waals surface area contributed by atoms with Crippen molar-refractivity contribution in [3.05, 3.63) is 35.9 Å². The second-order valence-electron chi connectivity index (χ2n) is 7.70. The zero-order valence-electron chi connectivity index (χ0n) is 15.9. The zero-order chi connectivity index (χ0) is 19.2. The van der Waals surface area contributed by atoms with Gasteiger partial charge in [-0.25, -0.2) is 4.79 Å². The minimum atomic E-state index is -0.595. The normalized spacial score (nSPS) is 25.4. The van der Waals surface area contributed by atoms with E-state index in [0.29, 0.717) is 25.3 Å². The Bertz CT molecular complexity index is 677. The lowest BCUT2D eigenvalue weighted by Crippen LogP contribution is -2.41. The molecule has 146 valence electrons. The van der Waals surface area contributed by atoms with E-state index < -0.39 is 6.04 Å². The first-order chi connectivity index (χ1) is 13.0. The largest absolute Gasteiger partial charge is 0.353 e. The number of hydrogen-bond acceptors (Lipinski definition) is 3. The number of imide groups is 1. The van der Waals surface area contributed by atoms with Crippen LogP contribution in [0.3, 0.4) is 0 Å². The maximum Gasteiger partial charge on any atom is 0.324 e. The van der Waals surface area contributed by atoms with E-state index in [0.717, 1.165) is 24.8 Å². The summed E-state index contributed by atoms with van der Waals surface area (Å²) in [5.41, 5.74) is 1.09. The number of rotatable bonds is 7. The van der Waals surface area contributed by atoms with Gasteiger partial charge in [-0.2, -0.15) is 0 Å². The first-order valence-corrected chi connectivity index (χ1v) is 10.00. The molecular formula is C21H29N3O3. The molecule has 1 saturated carbocycles. The summed E-state index contributed by atoms with van der Waals surface area (Å²) >= 11 is 0. The van der Waals surface area contributed by atoms with Crippen LogP contribution in [0.2, 0.25) is 0 Å². The number of urea groups is 1. The number of benzene rings is 1. The molecule has 1 aliphatic carbocycles. The predicted octanol–water partition coefficient (Wildman–Crippen LogP) is 2.62. The van der Waals surface area contributed by atoms with Crippen LogP contribution in [0.1, 0.15) is 51.0 Å². The SMILES string of the molecule is CC1CCCCC1NC(=O)CCC1NC(=O)N(CCc2ccccc2)C1=O. The predicted molar refractivity (Wildman–Crippen MR) is 103 cm³/mol. The van der Waals surface area contributed by atoms with Gasteiger partial charge in [0.25, 0.3) is 5.91 Å². The summed E-state index contributed by atoms with van der Waals surface area (Å²) in [6.45, 7) is 2.53. The van der Waals surface area contributed by atoms with Gasteiger partial charge in [0.1, 0.15) is 6.04 Å². The van der Waals surface area contributed by atoms with Crippen LogP contribution in [-0.4, -0.2) is 41.4 Å². The Morgan fingerprint density at radius 3 is 2.67 bits per heavy atom. The Balaban J connectivity index is 1.44. The van der Waals surface area contributed by atoms with E-state index in [1.165, 1.54) is 11.3 Å². The number of carbonyl (C=O) groups is 3. The highest BCUT2D eigenvalue weighted by atomic mass is 16.2. The molecule has 1 aromatic rings.